The topological polar surface area (TPSA) is 82.5 Å². The molecular weight excluding hydrogens is 232 g/mol. The van der Waals surface area contributed by atoms with Crippen molar-refractivity contribution in [1.29, 1.82) is 0 Å². The van der Waals surface area contributed by atoms with Gasteiger partial charge >= 0.3 is 5.97 Å². The smallest absolute Gasteiger partial charge is 0.337 e. The Balaban J connectivity index is 2.86. The van der Waals surface area contributed by atoms with E-state index in [1.165, 1.54) is 12.3 Å². The summed E-state index contributed by atoms with van der Waals surface area (Å²) >= 11 is 5.86. The Bertz CT molecular complexity index is 380. The van der Waals surface area contributed by atoms with Crippen molar-refractivity contribution in [2.45, 2.75) is 19.4 Å². The molecule has 1 heterocycles. The fraction of sp³-hybridized carbons (Fsp3) is 0.400. The van der Waals surface area contributed by atoms with Crippen LogP contribution in [0.25, 0.3) is 0 Å². The minimum absolute atomic E-state index is 0.0325. The number of carboxylic acid groups (broad SMARTS) is 1. The van der Waals surface area contributed by atoms with Crippen molar-refractivity contribution in [3.05, 3.63) is 22.8 Å². The monoisotopic (exact) mass is 244 g/mol. The van der Waals surface area contributed by atoms with Crippen molar-refractivity contribution in [3.8, 4) is 0 Å². The number of aromatic nitrogens is 1. The molecule has 16 heavy (non-hydrogen) atoms. The molecule has 0 saturated heterocycles. The Kier molecular flexibility index (Phi) is 4.52. The number of pyridine rings is 1. The second-order valence-corrected chi connectivity index (χ2v) is 3.70. The van der Waals surface area contributed by atoms with E-state index in [4.69, 9.17) is 21.8 Å². The summed E-state index contributed by atoms with van der Waals surface area (Å²) < 4.78 is 0. The molecule has 0 saturated carbocycles. The molecule has 0 spiro atoms. The van der Waals surface area contributed by atoms with Gasteiger partial charge in [-0.15, -0.1) is 0 Å². The van der Waals surface area contributed by atoms with Gasteiger partial charge in [0.15, 0.2) is 0 Å². The van der Waals surface area contributed by atoms with Gasteiger partial charge in [0, 0.05) is 6.20 Å². The summed E-state index contributed by atoms with van der Waals surface area (Å²) in [4.78, 5) is 14.5. The molecule has 1 aromatic rings. The summed E-state index contributed by atoms with van der Waals surface area (Å²) in [7, 11) is 0. The van der Waals surface area contributed by atoms with Crippen LogP contribution >= 0.6 is 11.6 Å². The number of aliphatic hydroxyl groups is 1. The molecule has 0 bridgehead atoms. The summed E-state index contributed by atoms with van der Waals surface area (Å²) in [6.07, 6.45) is 1.94. The van der Waals surface area contributed by atoms with Crippen LogP contribution in [0.2, 0.25) is 5.02 Å². The lowest BCUT2D eigenvalue weighted by atomic mass is 10.2. The van der Waals surface area contributed by atoms with Crippen molar-refractivity contribution in [3.63, 3.8) is 0 Å². The van der Waals surface area contributed by atoms with Gasteiger partial charge < -0.3 is 15.5 Å². The van der Waals surface area contributed by atoms with Crippen molar-refractivity contribution >= 4 is 23.4 Å². The summed E-state index contributed by atoms with van der Waals surface area (Å²) in [5.41, 5.74) is 0.0348. The second-order valence-electron chi connectivity index (χ2n) is 3.29. The first-order valence-corrected chi connectivity index (χ1v) is 5.22. The molecule has 0 aliphatic heterocycles. The molecule has 1 rings (SSSR count). The third-order valence-corrected chi connectivity index (χ3v) is 2.43. The molecule has 0 aromatic carbocycles. The van der Waals surface area contributed by atoms with Crippen molar-refractivity contribution in [1.82, 2.24) is 4.98 Å². The van der Waals surface area contributed by atoms with Crippen LogP contribution < -0.4 is 5.32 Å². The number of hydrogen-bond acceptors (Lipinski definition) is 4. The van der Waals surface area contributed by atoms with Crippen molar-refractivity contribution in [2.75, 3.05) is 11.9 Å². The van der Waals surface area contributed by atoms with E-state index >= 15 is 0 Å². The third-order valence-electron chi connectivity index (χ3n) is 2.14. The molecule has 0 aliphatic carbocycles. The van der Waals surface area contributed by atoms with Gasteiger partial charge in [-0.2, -0.15) is 0 Å². The summed E-state index contributed by atoms with van der Waals surface area (Å²) in [6, 6.07) is 1.18. The van der Waals surface area contributed by atoms with Crippen LogP contribution in [-0.4, -0.2) is 33.8 Å². The van der Waals surface area contributed by atoms with Gasteiger partial charge in [0.05, 0.1) is 23.2 Å². The van der Waals surface area contributed by atoms with E-state index in [9.17, 15) is 4.79 Å². The van der Waals surface area contributed by atoms with Crippen LogP contribution in [0.15, 0.2) is 12.3 Å². The molecule has 0 radical (unpaired) electrons. The molecule has 5 nitrogen and oxygen atoms in total. The number of hydrogen-bond donors (Lipinski definition) is 3. The van der Waals surface area contributed by atoms with Crippen LogP contribution in [0.4, 0.5) is 5.82 Å². The number of halogens is 1. The lowest BCUT2D eigenvalue weighted by Crippen LogP contribution is -2.23. The van der Waals surface area contributed by atoms with Gasteiger partial charge in [0.1, 0.15) is 5.82 Å². The average Bonchev–Trinajstić information content (AvgIpc) is 2.27. The molecule has 1 aromatic heterocycles. The highest BCUT2D eigenvalue weighted by Crippen LogP contribution is 2.21. The van der Waals surface area contributed by atoms with Gasteiger partial charge in [0.25, 0.3) is 0 Å². The van der Waals surface area contributed by atoms with Crippen LogP contribution in [-0.2, 0) is 0 Å². The van der Waals surface area contributed by atoms with Crippen LogP contribution in [0.1, 0.15) is 23.7 Å². The molecule has 0 amide bonds. The van der Waals surface area contributed by atoms with Gasteiger partial charge in [-0.05, 0) is 12.5 Å². The summed E-state index contributed by atoms with van der Waals surface area (Å²) in [5.74, 6) is -0.692. The fourth-order valence-corrected chi connectivity index (χ4v) is 1.35. The standard InChI is InChI=1S/C10H13ClN2O3/c1-2-7(5-14)13-9-8(11)3-6(4-12-9)10(15)16/h3-4,7,14H,2,5H2,1H3,(H,12,13)(H,15,16). The number of anilines is 1. The molecule has 1 unspecified atom stereocenters. The fourth-order valence-electron chi connectivity index (χ4n) is 1.13. The predicted molar refractivity (Wildman–Crippen MR) is 61.0 cm³/mol. The van der Waals surface area contributed by atoms with E-state index in [1.807, 2.05) is 6.92 Å². The zero-order valence-electron chi connectivity index (χ0n) is 8.77. The number of nitrogens with one attached hydrogen (secondary N) is 1. The molecule has 3 N–H and O–H groups in total. The van der Waals surface area contributed by atoms with E-state index in [0.29, 0.717) is 5.82 Å². The van der Waals surface area contributed by atoms with Crippen LogP contribution in [0.5, 0.6) is 0 Å². The Hall–Kier alpha value is -1.33. The zero-order chi connectivity index (χ0) is 12.1. The molecule has 1 atom stereocenters. The van der Waals surface area contributed by atoms with Crippen LogP contribution in [0, 0.1) is 0 Å². The van der Waals surface area contributed by atoms with E-state index in [1.54, 1.807) is 0 Å². The van der Waals surface area contributed by atoms with E-state index in [0.717, 1.165) is 6.42 Å². The maximum absolute atomic E-state index is 10.6. The zero-order valence-corrected chi connectivity index (χ0v) is 9.53. The molecule has 0 fully saturated rings. The van der Waals surface area contributed by atoms with Gasteiger partial charge in [0.2, 0.25) is 0 Å². The average molecular weight is 245 g/mol. The van der Waals surface area contributed by atoms with E-state index in [-0.39, 0.29) is 23.2 Å². The lowest BCUT2D eigenvalue weighted by Gasteiger charge is -2.15. The maximum atomic E-state index is 10.6. The Morgan fingerprint density at radius 1 is 1.69 bits per heavy atom. The third kappa shape index (κ3) is 3.08. The van der Waals surface area contributed by atoms with Crippen molar-refractivity contribution < 1.29 is 15.0 Å². The SMILES string of the molecule is CCC(CO)Nc1ncc(C(=O)O)cc1Cl. The molecular formula is C10H13ClN2O3. The minimum Gasteiger partial charge on any atom is -0.478 e. The first-order chi connectivity index (χ1) is 7.58. The summed E-state index contributed by atoms with van der Waals surface area (Å²) in [5, 5.41) is 20.9. The van der Waals surface area contributed by atoms with Crippen LogP contribution in [0.3, 0.4) is 0 Å². The predicted octanol–water partition coefficient (Wildman–Crippen LogP) is 1.62. The van der Waals surface area contributed by atoms with Gasteiger partial charge in [-0.1, -0.05) is 18.5 Å². The number of carboxylic acids is 1. The van der Waals surface area contributed by atoms with E-state index < -0.39 is 5.97 Å². The number of nitrogens with zero attached hydrogens (tertiary/aromatic N) is 1. The number of rotatable bonds is 5. The van der Waals surface area contributed by atoms with Gasteiger partial charge in [-0.3, -0.25) is 0 Å². The Labute approximate surface area is 98.1 Å². The first kappa shape index (κ1) is 12.7. The highest BCUT2D eigenvalue weighted by atomic mass is 35.5. The Morgan fingerprint density at radius 3 is 2.81 bits per heavy atom. The number of carbonyl (C=O) groups is 1. The van der Waals surface area contributed by atoms with Gasteiger partial charge in [-0.25, -0.2) is 9.78 Å². The highest BCUT2D eigenvalue weighted by Gasteiger charge is 2.11. The van der Waals surface area contributed by atoms with Crippen molar-refractivity contribution in [2.24, 2.45) is 0 Å². The highest BCUT2D eigenvalue weighted by molar-refractivity contribution is 6.33. The molecule has 0 aliphatic rings. The number of aliphatic hydroxyl groups excluding tert-OH is 1. The number of aromatic carboxylic acids is 1. The maximum Gasteiger partial charge on any atom is 0.337 e. The molecule has 88 valence electrons. The largest absolute Gasteiger partial charge is 0.478 e. The first-order valence-electron chi connectivity index (χ1n) is 4.84. The quantitative estimate of drug-likeness (QED) is 0.733. The Morgan fingerprint density at radius 2 is 2.38 bits per heavy atom. The normalized spacial score (nSPS) is 12.2. The second kappa shape index (κ2) is 5.67. The minimum atomic E-state index is -1.07. The molecule has 6 heteroatoms. The summed E-state index contributed by atoms with van der Waals surface area (Å²) in [6.45, 7) is 1.88. The lowest BCUT2D eigenvalue weighted by molar-refractivity contribution is 0.0696. The van der Waals surface area contributed by atoms with E-state index in [2.05, 4.69) is 10.3 Å².